The minimum absolute atomic E-state index is 0.0282. The highest BCUT2D eigenvalue weighted by Gasteiger charge is 2.18. The summed E-state index contributed by atoms with van der Waals surface area (Å²) in [5.41, 5.74) is 1.30. The Hall–Kier alpha value is -3.05. The van der Waals surface area contributed by atoms with Gasteiger partial charge in [0.05, 0.1) is 21.7 Å². The molecule has 0 radical (unpaired) electrons. The fourth-order valence-corrected chi connectivity index (χ4v) is 3.74. The predicted octanol–water partition coefficient (Wildman–Crippen LogP) is 4.47. The van der Waals surface area contributed by atoms with Crippen molar-refractivity contribution in [2.24, 2.45) is 0 Å². The maximum Gasteiger partial charge on any atom is 0.335 e. The van der Waals surface area contributed by atoms with Crippen LogP contribution in [0.1, 0.15) is 34.3 Å². The molecule has 32 heavy (non-hydrogen) atoms. The molecule has 0 saturated carbocycles. The number of nitrogens with one attached hydrogen (secondary N) is 1. The summed E-state index contributed by atoms with van der Waals surface area (Å²) < 4.78 is 11.2. The van der Waals surface area contributed by atoms with E-state index in [2.05, 4.69) is 5.32 Å². The lowest BCUT2D eigenvalue weighted by molar-refractivity contribution is -0.117. The number of carboxylic acid groups (broad SMARTS) is 1. The zero-order valence-electron chi connectivity index (χ0n) is 16.9. The van der Waals surface area contributed by atoms with Gasteiger partial charge in [0.1, 0.15) is 18.2 Å². The monoisotopic (exact) mass is 474 g/mol. The molecule has 1 aliphatic rings. The quantitative estimate of drug-likeness (QED) is 0.431. The summed E-state index contributed by atoms with van der Waals surface area (Å²) in [6.07, 6.45) is 3.21. The van der Waals surface area contributed by atoms with Crippen molar-refractivity contribution in [1.29, 1.82) is 5.26 Å². The number of nitriles is 1. The lowest BCUT2D eigenvalue weighted by Gasteiger charge is -2.12. The number of hydrogen-bond donors (Lipinski definition) is 2. The summed E-state index contributed by atoms with van der Waals surface area (Å²) in [6.45, 7) is 1.16. The number of ether oxygens (including phenoxy) is 2. The van der Waals surface area contributed by atoms with Gasteiger partial charge in [-0.15, -0.1) is 0 Å². The molecule has 0 spiro atoms. The average Bonchev–Trinajstić information content (AvgIpc) is 3.29. The second-order valence-electron chi connectivity index (χ2n) is 7.12. The number of aromatic carboxylic acids is 1. The smallest absolute Gasteiger partial charge is 0.335 e. The molecule has 7 nitrogen and oxygen atoms in total. The minimum Gasteiger partial charge on any atom is -0.486 e. The molecule has 3 rings (SSSR count). The molecule has 1 amide bonds. The molecule has 2 N–H and O–H groups in total. The first kappa shape index (κ1) is 23.6. The van der Waals surface area contributed by atoms with E-state index in [9.17, 15) is 14.9 Å². The van der Waals surface area contributed by atoms with E-state index in [0.29, 0.717) is 18.7 Å². The second kappa shape index (κ2) is 11.0. The highest BCUT2D eigenvalue weighted by atomic mass is 35.5. The Bertz CT molecular complexity index is 1050. The number of carbonyl (C=O) groups is 2. The zero-order chi connectivity index (χ0) is 23.1. The number of carboxylic acids is 1. The fraction of sp³-hybridized carbons (Fsp3) is 0.261. The molecular weight excluding hydrogens is 455 g/mol. The second-order valence-corrected chi connectivity index (χ2v) is 7.93. The normalized spacial score (nSPS) is 15.8. The van der Waals surface area contributed by atoms with Crippen LogP contribution in [0.25, 0.3) is 6.08 Å². The van der Waals surface area contributed by atoms with Crippen molar-refractivity contribution in [2.45, 2.75) is 25.6 Å². The molecule has 1 unspecified atom stereocenters. The first-order valence-electron chi connectivity index (χ1n) is 9.83. The Morgan fingerprint density at radius 2 is 1.94 bits per heavy atom. The SMILES string of the molecule is N#C/C(=C\c1cc(Cl)c(OCc2ccc(C(=O)O)cc2)c(Cl)c1)C(=O)NCC1CCCO1. The van der Waals surface area contributed by atoms with E-state index in [0.717, 1.165) is 18.4 Å². The average molecular weight is 475 g/mol. The summed E-state index contributed by atoms with van der Waals surface area (Å²) in [7, 11) is 0. The van der Waals surface area contributed by atoms with Crippen LogP contribution in [0.5, 0.6) is 5.75 Å². The van der Waals surface area contributed by atoms with Crippen molar-refractivity contribution in [3.05, 3.63) is 68.7 Å². The summed E-state index contributed by atoms with van der Waals surface area (Å²) in [5, 5.41) is 21.4. The standard InChI is InChI=1S/C23H20Cl2N2O5/c24-19-9-15(8-17(11-26)22(28)27-12-18-2-1-7-31-18)10-20(25)21(19)32-13-14-3-5-16(6-4-14)23(29)30/h3-6,8-10,18H,1-2,7,12-13H2,(H,27,28)(H,29,30)/b17-8+. The molecule has 9 heteroatoms. The third-order valence-corrected chi connectivity index (χ3v) is 5.36. The molecule has 0 aromatic heterocycles. The number of carbonyl (C=O) groups excluding carboxylic acids is 1. The third kappa shape index (κ3) is 6.24. The van der Waals surface area contributed by atoms with Gasteiger partial charge >= 0.3 is 5.97 Å². The lowest BCUT2D eigenvalue weighted by Crippen LogP contribution is -2.32. The summed E-state index contributed by atoms with van der Waals surface area (Å²) >= 11 is 12.6. The van der Waals surface area contributed by atoms with Crippen molar-refractivity contribution in [3.63, 3.8) is 0 Å². The van der Waals surface area contributed by atoms with E-state index < -0.39 is 11.9 Å². The van der Waals surface area contributed by atoms with Crippen LogP contribution in [-0.4, -0.2) is 36.2 Å². The molecular formula is C23H20Cl2N2O5. The Morgan fingerprint density at radius 1 is 1.25 bits per heavy atom. The van der Waals surface area contributed by atoms with Crippen LogP contribution in [0.15, 0.2) is 42.0 Å². The van der Waals surface area contributed by atoms with Gasteiger partial charge in [-0.2, -0.15) is 5.26 Å². The van der Waals surface area contributed by atoms with Gasteiger partial charge in [0.15, 0.2) is 5.75 Å². The Balaban J connectivity index is 1.67. The Labute approximate surface area is 195 Å². The Morgan fingerprint density at radius 3 is 2.50 bits per heavy atom. The number of hydrogen-bond acceptors (Lipinski definition) is 5. The van der Waals surface area contributed by atoms with Gasteiger partial charge < -0.3 is 19.9 Å². The van der Waals surface area contributed by atoms with E-state index in [4.69, 9.17) is 37.8 Å². The van der Waals surface area contributed by atoms with Crippen LogP contribution in [0, 0.1) is 11.3 Å². The van der Waals surface area contributed by atoms with Gasteiger partial charge in [-0.3, -0.25) is 4.79 Å². The number of nitrogens with zero attached hydrogens (tertiary/aromatic N) is 1. The van der Waals surface area contributed by atoms with E-state index >= 15 is 0 Å². The van der Waals surface area contributed by atoms with Gasteiger partial charge in [0, 0.05) is 13.2 Å². The van der Waals surface area contributed by atoms with Crippen molar-refractivity contribution >= 4 is 41.2 Å². The van der Waals surface area contributed by atoms with Crippen molar-refractivity contribution < 1.29 is 24.2 Å². The van der Waals surface area contributed by atoms with Gasteiger partial charge in [0.25, 0.3) is 5.91 Å². The molecule has 0 bridgehead atoms. The van der Waals surface area contributed by atoms with Crippen molar-refractivity contribution in [3.8, 4) is 11.8 Å². The topological polar surface area (TPSA) is 109 Å². The minimum atomic E-state index is -1.01. The fourth-order valence-electron chi connectivity index (χ4n) is 3.12. The summed E-state index contributed by atoms with van der Waals surface area (Å²) in [6, 6.07) is 11.2. The predicted molar refractivity (Wildman–Crippen MR) is 120 cm³/mol. The van der Waals surface area contributed by atoms with Gasteiger partial charge in [-0.05, 0) is 54.3 Å². The number of halogens is 2. The van der Waals surface area contributed by atoms with Gasteiger partial charge in [-0.1, -0.05) is 35.3 Å². The van der Waals surface area contributed by atoms with E-state index in [1.807, 2.05) is 6.07 Å². The Kier molecular flexibility index (Phi) is 8.12. The van der Waals surface area contributed by atoms with Crippen LogP contribution in [-0.2, 0) is 16.1 Å². The van der Waals surface area contributed by atoms with E-state index in [-0.39, 0.29) is 39.6 Å². The first-order chi connectivity index (χ1) is 15.4. The van der Waals surface area contributed by atoms with Crippen LogP contribution in [0.3, 0.4) is 0 Å². The highest BCUT2D eigenvalue weighted by Crippen LogP contribution is 2.35. The molecule has 1 heterocycles. The number of rotatable bonds is 8. The van der Waals surface area contributed by atoms with Crippen LogP contribution >= 0.6 is 23.2 Å². The largest absolute Gasteiger partial charge is 0.486 e. The van der Waals surface area contributed by atoms with Crippen LogP contribution in [0.4, 0.5) is 0 Å². The molecule has 1 atom stereocenters. The summed E-state index contributed by atoms with van der Waals surface area (Å²) in [5.74, 6) is -1.26. The highest BCUT2D eigenvalue weighted by molar-refractivity contribution is 6.37. The lowest BCUT2D eigenvalue weighted by atomic mass is 10.1. The molecule has 0 aliphatic carbocycles. The zero-order valence-corrected chi connectivity index (χ0v) is 18.4. The summed E-state index contributed by atoms with van der Waals surface area (Å²) in [4.78, 5) is 23.2. The van der Waals surface area contributed by atoms with E-state index in [1.165, 1.54) is 18.2 Å². The van der Waals surface area contributed by atoms with Gasteiger partial charge in [0.2, 0.25) is 0 Å². The molecule has 1 fully saturated rings. The van der Waals surface area contributed by atoms with Gasteiger partial charge in [-0.25, -0.2) is 4.79 Å². The maximum absolute atomic E-state index is 12.3. The molecule has 1 aliphatic heterocycles. The van der Waals surface area contributed by atoms with E-state index in [1.54, 1.807) is 24.3 Å². The third-order valence-electron chi connectivity index (χ3n) is 4.80. The van der Waals surface area contributed by atoms with Crippen molar-refractivity contribution in [2.75, 3.05) is 13.2 Å². The molecule has 1 saturated heterocycles. The first-order valence-corrected chi connectivity index (χ1v) is 10.6. The van der Waals surface area contributed by atoms with Crippen LogP contribution < -0.4 is 10.1 Å². The van der Waals surface area contributed by atoms with Crippen molar-refractivity contribution in [1.82, 2.24) is 5.32 Å². The van der Waals surface area contributed by atoms with Crippen LogP contribution in [0.2, 0.25) is 10.0 Å². The molecule has 2 aromatic rings. The number of amides is 1. The molecule has 2 aromatic carbocycles. The maximum atomic E-state index is 12.3. The molecule has 166 valence electrons. The number of benzene rings is 2.